The van der Waals surface area contributed by atoms with Crippen LogP contribution in [0.3, 0.4) is 0 Å². The molecule has 0 fully saturated rings. The number of anilines is 1. The van der Waals surface area contributed by atoms with Gasteiger partial charge in [-0.15, -0.1) is 0 Å². The highest BCUT2D eigenvalue weighted by molar-refractivity contribution is 6.21. The van der Waals surface area contributed by atoms with E-state index in [0.717, 1.165) is 11.1 Å². The van der Waals surface area contributed by atoms with Crippen LogP contribution in [-0.2, 0) is 6.54 Å². The number of carbonyl (C=O) groups is 3. The summed E-state index contributed by atoms with van der Waals surface area (Å²) in [6.45, 7) is 4.06. The van der Waals surface area contributed by atoms with Crippen LogP contribution in [0.15, 0.2) is 60.7 Å². The summed E-state index contributed by atoms with van der Waals surface area (Å²) in [6, 6.07) is 17.5. The van der Waals surface area contributed by atoms with Crippen molar-refractivity contribution >= 4 is 23.4 Å². The number of nitrogens with one attached hydrogen (secondary N) is 1. The van der Waals surface area contributed by atoms with Gasteiger partial charge in [0.05, 0.1) is 30.3 Å². The van der Waals surface area contributed by atoms with Gasteiger partial charge in [0.25, 0.3) is 17.7 Å². The lowest BCUT2D eigenvalue weighted by molar-refractivity contribution is 0.0642. The predicted octanol–water partition coefficient (Wildman–Crippen LogP) is 4.36. The number of ether oxygens (including phenoxy) is 1. The van der Waals surface area contributed by atoms with Gasteiger partial charge < -0.3 is 10.1 Å². The van der Waals surface area contributed by atoms with Gasteiger partial charge in [-0.3, -0.25) is 19.3 Å². The first-order chi connectivity index (χ1) is 14.9. The van der Waals surface area contributed by atoms with Gasteiger partial charge in [0.15, 0.2) is 0 Å². The average Bonchev–Trinajstić information content (AvgIpc) is 3.01. The van der Waals surface area contributed by atoms with Gasteiger partial charge in [0.2, 0.25) is 0 Å². The molecule has 6 nitrogen and oxygen atoms in total. The third-order valence-electron chi connectivity index (χ3n) is 5.49. The van der Waals surface area contributed by atoms with Crippen molar-refractivity contribution in [1.82, 2.24) is 4.90 Å². The Labute approximate surface area is 180 Å². The second-order valence-electron chi connectivity index (χ2n) is 7.53. The van der Waals surface area contributed by atoms with Crippen molar-refractivity contribution in [3.05, 3.63) is 94.0 Å². The molecular weight excluding hydrogens is 392 g/mol. The molecule has 0 spiro atoms. The normalized spacial score (nSPS) is 12.7. The number of nitrogens with zero attached hydrogens (tertiary/aromatic N) is 1. The highest BCUT2D eigenvalue weighted by atomic mass is 16.5. The van der Waals surface area contributed by atoms with Crippen molar-refractivity contribution in [3.8, 4) is 5.75 Å². The smallest absolute Gasteiger partial charge is 0.261 e. The van der Waals surface area contributed by atoms with Gasteiger partial charge in [-0.2, -0.15) is 0 Å². The Morgan fingerprint density at radius 2 is 1.58 bits per heavy atom. The van der Waals surface area contributed by atoms with Gasteiger partial charge in [0, 0.05) is 5.69 Å². The molecule has 0 radical (unpaired) electrons. The number of carbonyl (C=O) groups excluding carboxylic acids is 3. The fourth-order valence-electron chi connectivity index (χ4n) is 3.61. The summed E-state index contributed by atoms with van der Waals surface area (Å²) in [5, 5.41) is 2.89. The monoisotopic (exact) mass is 414 g/mol. The highest BCUT2D eigenvalue weighted by Crippen LogP contribution is 2.27. The summed E-state index contributed by atoms with van der Waals surface area (Å²) in [7, 11) is 1.49. The third-order valence-corrected chi connectivity index (χ3v) is 5.49. The molecule has 0 unspecified atom stereocenters. The van der Waals surface area contributed by atoms with E-state index in [2.05, 4.69) is 5.32 Å². The Morgan fingerprint density at radius 3 is 2.19 bits per heavy atom. The number of fused-ring (bicyclic) bond motifs is 1. The lowest BCUT2D eigenvalue weighted by atomic mass is 10.1. The number of hydrogen-bond acceptors (Lipinski definition) is 4. The predicted molar refractivity (Wildman–Crippen MR) is 118 cm³/mol. The van der Waals surface area contributed by atoms with E-state index < -0.39 is 0 Å². The minimum Gasteiger partial charge on any atom is -0.496 e. The summed E-state index contributed by atoms with van der Waals surface area (Å²) < 4.78 is 5.36. The number of benzene rings is 3. The Hall–Kier alpha value is -3.93. The molecule has 0 atom stereocenters. The molecule has 1 N–H and O–H groups in total. The zero-order valence-corrected chi connectivity index (χ0v) is 17.6. The van der Waals surface area contributed by atoms with E-state index in [0.29, 0.717) is 33.7 Å². The number of amides is 3. The second kappa shape index (κ2) is 8.07. The number of hydrogen-bond donors (Lipinski definition) is 1. The van der Waals surface area contributed by atoms with Crippen LogP contribution in [0.2, 0.25) is 0 Å². The first-order valence-corrected chi connectivity index (χ1v) is 9.90. The maximum atomic E-state index is 12.9. The standard InChI is InChI=1S/C25H22N2O4/c1-15-8-10-18(12-16(15)2)26-23(28)21-13-17(9-11-22(21)31-3)14-27-24(29)19-6-4-5-7-20(19)25(27)30/h4-13H,14H2,1-3H3,(H,26,28). The lowest BCUT2D eigenvalue weighted by Gasteiger charge is -2.16. The van der Waals surface area contributed by atoms with Crippen molar-refractivity contribution in [2.45, 2.75) is 20.4 Å². The topological polar surface area (TPSA) is 75.7 Å². The summed E-state index contributed by atoms with van der Waals surface area (Å²) in [6.07, 6.45) is 0. The fraction of sp³-hybridized carbons (Fsp3) is 0.160. The Kier molecular flexibility index (Phi) is 5.29. The zero-order valence-electron chi connectivity index (χ0n) is 17.6. The molecule has 0 bridgehead atoms. The highest BCUT2D eigenvalue weighted by Gasteiger charge is 2.35. The van der Waals surface area contributed by atoms with E-state index in [1.807, 2.05) is 32.0 Å². The molecule has 0 aromatic heterocycles. The number of methoxy groups -OCH3 is 1. The first-order valence-electron chi connectivity index (χ1n) is 9.90. The average molecular weight is 414 g/mol. The van der Waals surface area contributed by atoms with Crippen LogP contribution in [0, 0.1) is 13.8 Å². The van der Waals surface area contributed by atoms with Gasteiger partial charge in [0.1, 0.15) is 5.75 Å². The van der Waals surface area contributed by atoms with Crippen LogP contribution in [-0.4, -0.2) is 29.7 Å². The SMILES string of the molecule is COc1ccc(CN2C(=O)c3ccccc3C2=O)cc1C(=O)Nc1ccc(C)c(C)c1. The van der Waals surface area contributed by atoms with Crippen molar-refractivity contribution in [3.63, 3.8) is 0 Å². The van der Waals surface area contributed by atoms with Crippen molar-refractivity contribution < 1.29 is 19.1 Å². The molecular formula is C25H22N2O4. The Morgan fingerprint density at radius 1 is 0.903 bits per heavy atom. The van der Waals surface area contributed by atoms with Gasteiger partial charge in [-0.1, -0.05) is 24.3 Å². The molecule has 3 aromatic rings. The van der Waals surface area contributed by atoms with E-state index in [1.165, 1.54) is 12.0 Å². The van der Waals surface area contributed by atoms with Crippen LogP contribution >= 0.6 is 0 Å². The molecule has 4 rings (SSSR count). The maximum Gasteiger partial charge on any atom is 0.261 e. The molecule has 6 heteroatoms. The first kappa shape index (κ1) is 20.3. The van der Waals surface area contributed by atoms with Crippen molar-refractivity contribution in [1.29, 1.82) is 0 Å². The minimum absolute atomic E-state index is 0.0697. The molecule has 1 heterocycles. The molecule has 3 amide bonds. The van der Waals surface area contributed by atoms with E-state index in [-0.39, 0.29) is 24.3 Å². The molecule has 0 saturated carbocycles. The van der Waals surface area contributed by atoms with E-state index in [1.54, 1.807) is 42.5 Å². The molecule has 156 valence electrons. The van der Waals surface area contributed by atoms with Gasteiger partial charge in [-0.05, 0) is 66.9 Å². The number of aryl methyl sites for hydroxylation is 2. The summed E-state index contributed by atoms with van der Waals surface area (Å²) in [5.74, 6) is -0.591. The lowest BCUT2D eigenvalue weighted by Crippen LogP contribution is -2.29. The maximum absolute atomic E-state index is 12.9. The van der Waals surface area contributed by atoms with Crippen molar-refractivity contribution in [2.75, 3.05) is 12.4 Å². The van der Waals surface area contributed by atoms with E-state index in [4.69, 9.17) is 4.74 Å². The van der Waals surface area contributed by atoms with Gasteiger partial charge >= 0.3 is 0 Å². The van der Waals surface area contributed by atoms with Crippen LogP contribution in [0.5, 0.6) is 5.75 Å². The summed E-state index contributed by atoms with van der Waals surface area (Å²) in [4.78, 5) is 39.5. The quantitative estimate of drug-likeness (QED) is 0.630. The molecule has 1 aliphatic heterocycles. The van der Waals surface area contributed by atoms with Crippen molar-refractivity contribution in [2.24, 2.45) is 0 Å². The summed E-state index contributed by atoms with van der Waals surface area (Å²) >= 11 is 0. The molecule has 0 aliphatic carbocycles. The summed E-state index contributed by atoms with van der Waals surface area (Å²) in [5.41, 5.74) is 4.67. The van der Waals surface area contributed by atoms with Crippen LogP contribution in [0.1, 0.15) is 47.8 Å². The molecule has 1 aliphatic rings. The minimum atomic E-state index is -0.336. The fourth-order valence-corrected chi connectivity index (χ4v) is 3.61. The van der Waals surface area contributed by atoms with E-state index >= 15 is 0 Å². The molecule has 3 aromatic carbocycles. The third kappa shape index (κ3) is 3.80. The van der Waals surface area contributed by atoms with Crippen LogP contribution in [0.25, 0.3) is 0 Å². The Balaban J connectivity index is 1.59. The Bertz CT molecular complexity index is 1180. The number of rotatable bonds is 5. The zero-order chi connectivity index (χ0) is 22.1. The van der Waals surface area contributed by atoms with Crippen LogP contribution < -0.4 is 10.1 Å². The second-order valence-corrected chi connectivity index (χ2v) is 7.53. The molecule has 0 saturated heterocycles. The largest absolute Gasteiger partial charge is 0.496 e. The van der Waals surface area contributed by atoms with Crippen LogP contribution in [0.4, 0.5) is 5.69 Å². The molecule has 31 heavy (non-hydrogen) atoms. The number of imide groups is 1. The van der Waals surface area contributed by atoms with Gasteiger partial charge in [-0.25, -0.2) is 0 Å². The van der Waals surface area contributed by atoms with E-state index in [9.17, 15) is 14.4 Å².